The van der Waals surface area contributed by atoms with E-state index in [0.29, 0.717) is 22.3 Å². The van der Waals surface area contributed by atoms with E-state index in [1.54, 1.807) is 24.3 Å². The summed E-state index contributed by atoms with van der Waals surface area (Å²) in [6, 6.07) is 10.9. The summed E-state index contributed by atoms with van der Waals surface area (Å²) in [5, 5.41) is 11.3. The van der Waals surface area contributed by atoms with Gasteiger partial charge in [0.15, 0.2) is 0 Å². The van der Waals surface area contributed by atoms with E-state index >= 15 is 0 Å². The summed E-state index contributed by atoms with van der Waals surface area (Å²) in [5.74, 6) is -2.18. The van der Waals surface area contributed by atoms with Crippen LogP contribution in [0.1, 0.15) is 17.3 Å². The van der Waals surface area contributed by atoms with Gasteiger partial charge in [-0.1, -0.05) is 35.5 Å². The van der Waals surface area contributed by atoms with Gasteiger partial charge in [0.2, 0.25) is 5.60 Å². The monoisotopic (exact) mass is 433 g/mol. The van der Waals surface area contributed by atoms with Crippen molar-refractivity contribution in [1.29, 1.82) is 0 Å². The standard InChI is InChI=1S/C18H15ClF3NO4S/c1-17(26,18(20,21)22)16(25)23-13-8-7-10(9-12(13)19)28-14-6-4-3-5-11(14)15(24)27-2/h3-9,26H,1-2H3,(H,23,25)/t17-/m1/s1. The first-order valence-electron chi connectivity index (χ1n) is 7.72. The van der Waals surface area contributed by atoms with Gasteiger partial charge in [-0.15, -0.1) is 0 Å². The second-order valence-corrected chi connectivity index (χ2v) is 7.28. The average molecular weight is 434 g/mol. The Balaban J connectivity index is 2.22. The summed E-state index contributed by atoms with van der Waals surface area (Å²) in [6.45, 7) is 0.351. The molecule has 0 aliphatic heterocycles. The average Bonchev–Trinajstić information content (AvgIpc) is 2.62. The Morgan fingerprint density at radius 2 is 1.82 bits per heavy atom. The van der Waals surface area contributed by atoms with E-state index in [2.05, 4.69) is 0 Å². The number of ether oxygens (including phenoxy) is 1. The molecule has 0 heterocycles. The molecule has 0 aliphatic carbocycles. The third kappa shape index (κ3) is 4.78. The number of methoxy groups -OCH3 is 1. The van der Waals surface area contributed by atoms with E-state index in [0.717, 1.165) is 0 Å². The topological polar surface area (TPSA) is 75.6 Å². The minimum absolute atomic E-state index is 0.0353. The van der Waals surface area contributed by atoms with Gasteiger partial charge in [0.05, 0.1) is 23.4 Å². The lowest BCUT2D eigenvalue weighted by atomic mass is 10.1. The fourth-order valence-electron chi connectivity index (χ4n) is 1.99. The van der Waals surface area contributed by atoms with E-state index in [9.17, 15) is 27.9 Å². The number of rotatable bonds is 5. The number of hydrogen-bond donors (Lipinski definition) is 2. The van der Waals surface area contributed by atoms with E-state index in [1.165, 1.54) is 37.1 Å². The molecule has 0 bridgehead atoms. The van der Waals surface area contributed by atoms with Crippen molar-refractivity contribution < 1.29 is 32.6 Å². The molecule has 0 saturated heterocycles. The first kappa shape index (κ1) is 22.1. The zero-order valence-corrected chi connectivity index (χ0v) is 16.2. The van der Waals surface area contributed by atoms with Crippen LogP contribution in [0.5, 0.6) is 0 Å². The van der Waals surface area contributed by atoms with Gasteiger partial charge in [-0.25, -0.2) is 4.79 Å². The zero-order chi connectivity index (χ0) is 21.1. The van der Waals surface area contributed by atoms with E-state index in [-0.39, 0.29) is 10.7 Å². The molecule has 28 heavy (non-hydrogen) atoms. The van der Waals surface area contributed by atoms with Crippen molar-refractivity contribution in [3.05, 3.63) is 53.1 Å². The fourth-order valence-corrected chi connectivity index (χ4v) is 3.26. The van der Waals surface area contributed by atoms with Gasteiger partial charge in [0.25, 0.3) is 5.91 Å². The molecule has 2 aromatic rings. The molecule has 1 atom stereocenters. The number of nitrogens with one attached hydrogen (secondary N) is 1. The van der Waals surface area contributed by atoms with Crippen molar-refractivity contribution in [1.82, 2.24) is 0 Å². The van der Waals surface area contributed by atoms with Crippen LogP contribution in [0.15, 0.2) is 52.3 Å². The molecule has 0 unspecified atom stereocenters. The Kier molecular flexibility index (Phi) is 6.63. The molecule has 2 N–H and O–H groups in total. The molecule has 5 nitrogen and oxygen atoms in total. The molecule has 2 aromatic carbocycles. The number of anilines is 1. The Bertz CT molecular complexity index is 903. The number of hydrogen-bond acceptors (Lipinski definition) is 5. The molecular formula is C18H15ClF3NO4S. The van der Waals surface area contributed by atoms with Gasteiger partial charge in [-0.2, -0.15) is 13.2 Å². The molecule has 1 amide bonds. The third-order valence-corrected chi connectivity index (χ3v) is 5.08. The highest BCUT2D eigenvalue weighted by atomic mass is 35.5. The minimum atomic E-state index is -5.14. The van der Waals surface area contributed by atoms with Gasteiger partial charge in [0.1, 0.15) is 0 Å². The van der Waals surface area contributed by atoms with Gasteiger partial charge >= 0.3 is 12.1 Å². The summed E-state index contributed by atoms with van der Waals surface area (Å²) in [6.07, 6.45) is -5.14. The maximum atomic E-state index is 12.7. The Morgan fingerprint density at radius 3 is 2.39 bits per heavy atom. The Hall–Kier alpha value is -2.23. The van der Waals surface area contributed by atoms with Crippen LogP contribution in [0.4, 0.5) is 18.9 Å². The highest BCUT2D eigenvalue weighted by Gasteiger charge is 2.55. The number of esters is 1. The number of aliphatic hydroxyl groups is 1. The van der Waals surface area contributed by atoms with Crippen molar-refractivity contribution in [2.75, 3.05) is 12.4 Å². The van der Waals surface area contributed by atoms with Crippen molar-refractivity contribution in [3.8, 4) is 0 Å². The van der Waals surface area contributed by atoms with E-state index in [4.69, 9.17) is 16.3 Å². The molecule has 10 heteroatoms. The predicted molar refractivity (Wildman–Crippen MR) is 98.7 cm³/mol. The Labute approximate surface area is 167 Å². The summed E-state index contributed by atoms with van der Waals surface area (Å²) in [5.41, 5.74) is -3.32. The number of halogens is 4. The van der Waals surface area contributed by atoms with Crippen LogP contribution in [0, 0.1) is 0 Å². The maximum Gasteiger partial charge on any atom is 0.426 e. The van der Waals surface area contributed by atoms with Crippen LogP contribution in [0.2, 0.25) is 5.02 Å². The van der Waals surface area contributed by atoms with Gasteiger partial charge in [0, 0.05) is 9.79 Å². The van der Waals surface area contributed by atoms with Crippen LogP contribution < -0.4 is 5.32 Å². The van der Waals surface area contributed by atoms with Crippen LogP contribution in [0.25, 0.3) is 0 Å². The van der Waals surface area contributed by atoms with Crippen LogP contribution >= 0.6 is 23.4 Å². The lowest BCUT2D eigenvalue weighted by Gasteiger charge is -2.25. The van der Waals surface area contributed by atoms with Crippen molar-refractivity contribution in [2.24, 2.45) is 0 Å². The lowest BCUT2D eigenvalue weighted by molar-refractivity contribution is -0.242. The second kappa shape index (κ2) is 8.42. The molecule has 0 aromatic heterocycles. The van der Waals surface area contributed by atoms with Crippen molar-refractivity contribution >= 4 is 40.9 Å². The minimum Gasteiger partial charge on any atom is -0.465 e. The predicted octanol–water partition coefficient (Wildman–Crippen LogP) is 4.53. The quantitative estimate of drug-likeness (QED) is 0.677. The first-order valence-corrected chi connectivity index (χ1v) is 8.92. The maximum absolute atomic E-state index is 12.7. The molecule has 0 spiro atoms. The molecule has 0 fully saturated rings. The number of alkyl halides is 3. The number of carbonyl (C=O) groups excluding carboxylic acids is 2. The highest BCUT2D eigenvalue weighted by Crippen LogP contribution is 2.36. The van der Waals surface area contributed by atoms with Crippen molar-refractivity contribution in [3.63, 3.8) is 0 Å². The second-order valence-electron chi connectivity index (χ2n) is 5.76. The first-order chi connectivity index (χ1) is 13.0. The summed E-state index contributed by atoms with van der Waals surface area (Å²) >= 11 is 7.23. The van der Waals surface area contributed by atoms with Gasteiger partial charge in [-0.05, 0) is 37.3 Å². The summed E-state index contributed by atoms with van der Waals surface area (Å²) in [7, 11) is 1.26. The third-order valence-electron chi connectivity index (χ3n) is 3.70. The lowest BCUT2D eigenvalue weighted by Crippen LogP contribution is -2.52. The van der Waals surface area contributed by atoms with Crippen LogP contribution in [0.3, 0.4) is 0 Å². The SMILES string of the molecule is COC(=O)c1ccccc1Sc1ccc(NC(=O)[C@@](C)(O)C(F)(F)F)c(Cl)c1. The smallest absolute Gasteiger partial charge is 0.426 e. The van der Waals surface area contributed by atoms with Gasteiger partial charge in [-0.3, -0.25) is 4.79 Å². The molecular weight excluding hydrogens is 419 g/mol. The van der Waals surface area contributed by atoms with Crippen LogP contribution in [-0.2, 0) is 9.53 Å². The number of carbonyl (C=O) groups is 2. The van der Waals surface area contributed by atoms with E-state index in [1.807, 2.05) is 5.32 Å². The normalized spacial score (nSPS) is 13.5. The fraction of sp³-hybridized carbons (Fsp3) is 0.222. The largest absolute Gasteiger partial charge is 0.465 e. The molecule has 0 aliphatic rings. The highest BCUT2D eigenvalue weighted by molar-refractivity contribution is 7.99. The summed E-state index contributed by atoms with van der Waals surface area (Å²) in [4.78, 5) is 24.7. The molecule has 2 rings (SSSR count). The van der Waals surface area contributed by atoms with Crippen molar-refractivity contribution in [2.45, 2.75) is 28.5 Å². The van der Waals surface area contributed by atoms with Crippen LogP contribution in [-0.4, -0.2) is 35.9 Å². The Morgan fingerprint density at radius 1 is 1.18 bits per heavy atom. The molecule has 150 valence electrons. The molecule has 0 saturated carbocycles. The summed E-state index contributed by atoms with van der Waals surface area (Å²) < 4.78 is 42.9. The molecule has 0 radical (unpaired) electrons. The van der Waals surface area contributed by atoms with E-state index < -0.39 is 23.7 Å². The van der Waals surface area contributed by atoms with Gasteiger partial charge < -0.3 is 15.2 Å². The number of benzene rings is 2. The number of amides is 1. The zero-order valence-electron chi connectivity index (χ0n) is 14.6.